The van der Waals surface area contributed by atoms with Gasteiger partial charge < -0.3 is 15.4 Å². The minimum atomic E-state index is 0.0198. The second-order valence-electron chi connectivity index (χ2n) is 4.91. The molecular formula is C16H15N5O. The minimum absolute atomic E-state index is 0.0198. The van der Waals surface area contributed by atoms with Gasteiger partial charge >= 0.3 is 0 Å². The highest BCUT2D eigenvalue weighted by atomic mass is 16.3. The molecule has 22 heavy (non-hydrogen) atoms. The van der Waals surface area contributed by atoms with Crippen molar-refractivity contribution in [1.29, 1.82) is 5.26 Å². The lowest BCUT2D eigenvalue weighted by Gasteiger charge is -2.10. The highest BCUT2D eigenvalue weighted by Crippen LogP contribution is 2.30. The molecule has 0 saturated heterocycles. The quantitative estimate of drug-likeness (QED) is 0.685. The molecular weight excluding hydrogens is 278 g/mol. The van der Waals surface area contributed by atoms with Gasteiger partial charge in [-0.15, -0.1) is 0 Å². The van der Waals surface area contributed by atoms with Crippen LogP contribution in [0.2, 0.25) is 0 Å². The summed E-state index contributed by atoms with van der Waals surface area (Å²) in [4.78, 5) is 12.0. The molecule has 0 bridgehead atoms. The second kappa shape index (κ2) is 5.84. The Labute approximate surface area is 127 Å². The van der Waals surface area contributed by atoms with Crippen LogP contribution in [0.5, 0.6) is 0 Å². The first-order chi connectivity index (χ1) is 10.7. The highest BCUT2D eigenvalue weighted by Gasteiger charge is 2.14. The normalized spacial score (nSPS) is 10.6. The first kappa shape index (κ1) is 14.0. The van der Waals surface area contributed by atoms with Gasteiger partial charge in [0, 0.05) is 29.4 Å². The maximum atomic E-state index is 9.34. The fourth-order valence-corrected chi connectivity index (χ4v) is 2.36. The fraction of sp³-hybridized carbons (Fsp3) is 0.188. The van der Waals surface area contributed by atoms with E-state index in [0.29, 0.717) is 29.3 Å². The van der Waals surface area contributed by atoms with Crippen LogP contribution in [-0.4, -0.2) is 33.2 Å². The molecule has 0 aliphatic carbocycles. The van der Waals surface area contributed by atoms with Gasteiger partial charge in [-0.1, -0.05) is 0 Å². The predicted molar refractivity (Wildman–Crippen MR) is 84.4 cm³/mol. The van der Waals surface area contributed by atoms with Gasteiger partial charge in [-0.2, -0.15) is 5.26 Å². The Bertz CT molecular complexity index is 863. The van der Waals surface area contributed by atoms with Crippen LogP contribution < -0.4 is 5.32 Å². The number of aromatic nitrogens is 3. The number of aryl methyl sites for hydroxylation is 1. The molecule has 3 N–H and O–H groups in total. The molecule has 3 heterocycles. The zero-order chi connectivity index (χ0) is 15.5. The number of fused-ring (bicyclic) bond motifs is 1. The zero-order valence-electron chi connectivity index (χ0n) is 12.1. The second-order valence-corrected chi connectivity index (χ2v) is 4.91. The number of nitrogens with one attached hydrogen (secondary N) is 2. The number of aliphatic hydroxyl groups excluding tert-OH is 1. The van der Waals surface area contributed by atoms with Crippen molar-refractivity contribution < 1.29 is 5.11 Å². The summed E-state index contributed by atoms with van der Waals surface area (Å²) in [6.45, 7) is 2.32. The molecule has 6 heteroatoms. The summed E-state index contributed by atoms with van der Waals surface area (Å²) in [6.07, 6.45) is 1.80. The predicted octanol–water partition coefficient (Wildman–Crippen LogP) is 2.21. The number of H-pyrrole nitrogens is 1. The van der Waals surface area contributed by atoms with Crippen LogP contribution in [0, 0.1) is 18.3 Å². The van der Waals surface area contributed by atoms with E-state index in [1.807, 2.05) is 25.1 Å². The maximum absolute atomic E-state index is 9.34. The van der Waals surface area contributed by atoms with E-state index < -0.39 is 0 Å². The number of nitrogens with zero attached hydrogens (tertiary/aromatic N) is 3. The number of pyridine rings is 2. The van der Waals surface area contributed by atoms with E-state index in [4.69, 9.17) is 5.11 Å². The summed E-state index contributed by atoms with van der Waals surface area (Å²) in [5, 5.41) is 22.2. The molecule has 0 amide bonds. The average molecular weight is 293 g/mol. The largest absolute Gasteiger partial charge is 0.395 e. The number of aliphatic hydroxyl groups is 1. The Morgan fingerprint density at radius 2 is 2.18 bits per heavy atom. The molecule has 0 saturated carbocycles. The third kappa shape index (κ3) is 2.50. The SMILES string of the molecule is Cc1ccc(C#N)c(-c2cc(NCCO)nc3[nH]ccc23)n1. The van der Waals surface area contributed by atoms with Gasteiger partial charge in [0.15, 0.2) is 0 Å². The molecule has 0 radical (unpaired) electrons. The third-order valence-electron chi connectivity index (χ3n) is 3.36. The summed E-state index contributed by atoms with van der Waals surface area (Å²) in [5.41, 5.74) is 3.56. The van der Waals surface area contributed by atoms with Gasteiger partial charge in [-0.05, 0) is 31.2 Å². The maximum Gasteiger partial charge on any atom is 0.140 e. The summed E-state index contributed by atoms with van der Waals surface area (Å²) in [6, 6.07) is 9.56. The molecule has 0 aliphatic rings. The number of nitriles is 1. The average Bonchev–Trinajstić information content (AvgIpc) is 3.00. The number of rotatable bonds is 4. The number of anilines is 1. The number of hydrogen-bond acceptors (Lipinski definition) is 5. The van der Waals surface area contributed by atoms with Crippen molar-refractivity contribution >= 4 is 16.9 Å². The van der Waals surface area contributed by atoms with E-state index >= 15 is 0 Å². The van der Waals surface area contributed by atoms with Gasteiger partial charge in [0.25, 0.3) is 0 Å². The first-order valence-corrected chi connectivity index (χ1v) is 6.94. The first-order valence-electron chi connectivity index (χ1n) is 6.94. The number of hydrogen-bond donors (Lipinski definition) is 3. The van der Waals surface area contributed by atoms with Crippen molar-refractivity contribution in [3.63, 3.8) is 0 Å². The Balaban J connectivity index is 2.23. The minimum Gasteiger partial charge on any atom is -0.395 e. The molecule has 0 atom stereocenters. The monoisotopic (exact) mass is 293 g/mol. The molecule has 0 unspecified atom stereocenters. The molecule has 0 spiro atoms. The van der Waals surface area contributed by atoms with Crippen LogP contribution in [0.15, 0.2) is 30.5 Å². The Morgan fingerprint density at radius 1 is 1.32 bits per heavy atom. The van der Waals surface area contributed by atoms with Gasteiger partial charge in [0.1, 0.15) is 17.5 Å². The van der Waals surface area contributed by atoms with Crippen LogP contribution in [0.25, 0.3) is 22.3 Å². The molecule has 0 aliphatic heterocycles. The molecule has 0 fully saturated rings. The lowest BCUT2D eigenvalue weighted by atomic mass is 10.0. The molecule has 110 valence electrons. The lowest BCUT2D eigenvalue weighted by Crippen LogP contribution is -2.07. The van der Waals surface area contributed by atoms with E-state index in [1.54, 1.807) is 12.3 Å². The zero-order valence-corrected chi connectivity index (χ0v) is 12.1. The summed E-state index contributed by atoms with van der Waals surface area (Å²) >= 11 is 0. The Hall–Kier alpha value is -2.91. The van der Waals surface area contributed by atoms with Crippen molar-refractivity contribution in [2.75, 3.05) is 18.5 Å². The van der Waals surface area contributed by atoms with Gasteiger partial charge in [-0.3, -0.25) is 4.98 Å². The fourth-order valence-electron chi connectivity index (χ4n) is 2.36. The topological polar surface area (TPSA) is 97.6 Å². The van der Waals surface area contributed by atoms with E-state index in [9.17, 15) is 5.26 Å². The van der Waals surface area contributed by atoms with Gasteiger partial charge in [-0.25, -0.2) is 4.98 Å². The van der Waals surface area contributed by atoms with E-state index in [0.717, 1.165) is 16.6 Å². The smallest absolute Gasteiger partial charge is 0.140 e. The van der Waals surface area contributed by atoms with Gasteiger partial charge in [0.05, 0.1) is 17.9 Å². The Kier molecular flexibility index (Phi) is 3.73. The van der Waals surface area contributed by atoms with Crippen LogP contribution in [0.1, 0.15) is 11.3 Å². The highest BCUT2D eigenvalue weighted by molar-refractivity contribution is 5.95. The van der Waals surface area contributed by atoms with E-state index in [1.165, 1.54) is 0 Å². The van der Waals surface area contributed by atoms with Crippen molar-refractivity contribution in [2.24, 2.45) is 0 Å². The summed E-state index contributed by atoms with van der Waals surface area (Å²) in [5.74, 6) is 0.631. The van der Waals surface area contributed by atoms with Crippen molar-refractivity contribution in [3.8, 4) is 17.3 Å². The molecule has 0 aromatic carbocycles. The molecule has 3 aromatic heterocycles. The van der Waals surface area contributed by atoms with Crippen LogP contribution in [0.4, 0.5) is 5.82 Å². The standard InChI is InChI=1S/C16H15N5O/c1-10-2-3-11(9-17)15(20-10)13-8-14(18-6-7-22)21-16-12(13)4-5-19-16/h2-5,8,22H,6-7H2,1H3,(H2,18,19,21). The van der Waals surface area contributed by atoms with Crippen molar-refractivity contribution in [1.82, 2.24) is 15.0 Å². The van der Waals surface area contributed by atoms with Crippen molar-refractivity contribution in [3.05, 3.63) is 41.7 Å². The summed E-state index contributed by atoms with van der Waals surface area (Å²) in [7, 11) is 0. The van der Waals surface area contributed by atoms with Crippen LogP contribution in [0.3, 0.4) is 0 Å². The Morgan fingerprint density at radius 3 is 2.95 bits per heavy atom. The van der Waals surface area contributed by atoms with Crippen LogP contribution in [-0.2, 0) is 0 Å². The summed E-state index contributed by atoms with van der Waals surface area (Å²) < 4.78 is 0. The van der Waals surface area contributed by atoms with E-state index in [-0.39, 0.29) is 6.61 Å². The molecule has 6 nitrogen and oxygen atoms in total. The third-order valence-corrected chi connectivity index (χ3v) is 3.36. The lowest BCUT2D eigenvalue weighted by molar-refractivity contribution is 0.311. The molecule has 3 rings (SSSR count). The number of aromatic amines is 1. The molecule has 3 aromatic rings. The van der Waals surface area contributed by atoms with Crippen LogP contribution >= 0.6 is 0 Å². The van der Waals surface area contributed by atoms with Crippen molar-refractivity contribution in [2.45, 2.75) is 6.92 Å². The van der Waals surface area contributed by atoms with Gasteiger partial charge in [0.2, 0.25) is 0 Å². The van der Waals surface area contributed by atoms with E-state index in [2.05, 4.69) is 26.3 Å².